The molecule has 14 heteroatoms. The van der Waals surface area contributed by atoms with Gasteiger partial charge in [-0.1, -0.05) is 0 Å². The van der Waals surface area contributed by atoms with Crippen molar-refractivity contribution in [2.75, 3.05) is 11.1 Å². The van der Waals surface area contributed by atoms with Crippen molar-refractivity contribution in [3.63, 3.8) is 0 Å². The smallest absolute Gasteiger partial charge is 0.280 e. The van der Waals surface area contributed by atoms with Crippen LogP contribution in [0.25, 0.3) is 11.2 Å². The summed E-state index contributed by atoms with van der Waals surface area (Å²) in [6.07, 6.45) is 1.51. The second kappa shape index (κ2) is 11.8. The quantitative estimate of drug-likeness (QED) is 0.187. The van der Waals surface area contributed by atoms with Crippen molar-refractivity contribution in [2.45, 2.75) is 25.4 Å². The number of H-pyrrole nitrogens is 1. The Labute approximate surface area is 214 Å². The SMILES string of the molecule is Nc1nc2ncc(CNc3ccc(C(=O)N[C@@H](CC[C](=O)[Au])C(=O)O)cc3)nc2c(=O)[nH]1.[Ag]. The molecule has 0 aliphatic rings. The summed E-state index contributed by atoms with van der Waals surface area (Å²) in [6.45, 7) is 0.253. The molecule has 0 saturated carbocycles. The third-order valence-electron chi connectivity index (χ3n) is 4.32. The van der Waals surface area contributed by atoms with Crippen LogP contribution in [0, 0.1) is 0 Å². The standard InChI is InChI=1S/C19H18N7O5.Ag.Au/c20-19-25-15-14(17(29)26-19)23-12(9-22-15)8-21-11-5-3-10(4-6-11)16(28)24-13(18(30)31)2-1-7-27;;/h3-6,9,13,21H,1-2,8H2,(H,24,28)(H,30,31)(H3,20,22,25,26,29);;/t13-;;/m0../s1. The minimum Gasteiger partial charge on any atom is -0.291 e. The number of aliphatic carboxylic acids is 1. The fraction of sp³-hybridized carbons (Fsp3) is 0.211. The Bertz CT molecular complexity index is 1240. The third-order valence-corrected chi connectivity index (χ3v) is 4.86. The van der Waals surface area contributed by atoms with E-state index in [0.29, 0.717) is 11.4 Å². The number of nitrogens with one attached hydrogen (secondary N) is 3. The Hall–Kier alpha value is -2.87. The number of nitrogens with two attached hydrogens (primary N) is 1. The first-order valence-electron chi connectivity index (χ1n) is 9.26. The van der Waals surface area contributed by atoms with Crippen LogP contribution in [0.4, 0.5) is 11.6 Å². The number of amides is 1. The molecule has 3 rings (SSSR count). The van der Waals surface area contributed by atoms with E-state index in [-0.39, 0.29) is 68.4 Å². The number of nitrogens with zero attached hydrogens (tertiary/aromatic N) is 3. The molecule has 0 aliphatic heterocycles. The number of hydrogen-bond donors (Lipinski definition) is 5. The number of carbonyl (C=O) groups excluding carboxylic acids is 2. The number of carboxylic acids is 1. The molecule has 6 N–H and O–H groups in total. The average molecular weight is 729 g/mol. The number of benzene rings is 1. The molecule has 3 aromatic rings. The van der Waals surface area contributed by atoms with E-state index in [2.05, 4.69) is 30.6 Å². The normalized spacial score (nSPS) is 11.3. The summed E-state index contributed by atoms with van der Waals surface area (Å²) in [6, 6.07) is 5.18. The van der Waals surface area contributed by atoms with E-state index in [1.165, 1.54) is 18.3 Å². The summed E-state index contributed by atoms with van der Waals surface area (Å²) >= 11 is 1.77. The van der Waals surface area contributed by atoms with Gasteiger partial charge in [0.2, 0.25) is 5.95 Å². The van der Waals surface area contributed by atoms with E-state index in [4.69, 9.17) is 5.73 Å². The summed E-state index contributed by atoms with van der Waals surface area (Å²) in [5.74, 6) is -1.81. The van der Waals surface area contributed by atoms with Crippen LogP contribution in [0.2, 0.25) is 0 Å². The summed E-state index contributed by atoms with van der Waals surface area (Å²) in [4.78, 5) is 61.2. The van der Waals surface area contributed by atoms with Gasteiger partial charge in [0.1, 0.15) is 0 Å². The van der Waals surface area contributed by atoms with E-state index < -0.39 is 23.5 Å². The second-order valence-corrected chi connectivity index (χ2v) is 7.84. The van der Waals surface area contributed by atoms with Gasteiger partial charge in [-0.2, -0.15) is 4.98 Å². The van der Waals surface area contributed by atoms with Gasteiger partial charge in [-0.05, 0) is 0 Å². The van der Waals surface area contributed by atoms with Crippen molar-refractivity contribution < 1.29 is 62.9 Å². The van der Waals surface area contributed by atoms with E-state index in [9.17, 15) is 24.3 Å². The first-order chi connectivity index (χ1) is 15.2. The molecule has 12 nitrogen and oxygen atoms in total. The predicted molar refractivity (Wildman–Crippen MR) is 109 cm³/mol. The predicted octanol–water partition coefficient (Wildman–Crippen LogP) is -0.0585. The third kappa shape index (κ3) is 7.32. The second-order valence-electron chi connectivity index (χ2n) is 6.63. The molecule has 1 radical (unpaired) electrons. The van der Waals surface area contributed by atoms with Gasteiger partial charge < -0.3 is 5.73 Å². The number of rotatable bonds is 9. The number of carboxylic acid groups (broad SMARTS) is 1. The van der Waals surface area contributed by atoms with Crippen LogP contribution in [0.3, 0.4) is 0 Å². The maximum absolute atomic E-state index is 12.3. The zero-order valence-corrected chi connectivity index (χ0v) is 20.3. The van der Waals surface area contributed by atoms with Gasteiger partial charge in [-0.3, -0.25) is 9.78 Å². The van der Waals surface area contributed by atoms with E-state index in [0.717, 1.165) is 0 Å². The maximum Gasteiger partial charge on any atom is 0.280 e. The van der Waals surface area contributed by atoms with Gasteiger partial charge in [0.25, 0.3) is 5.56 Å². The van der Waals surface area contributed by atoms with Gasteiger partial charge in [0.15, 0.2) is 11.2 Å². The minimum atomic E-state index is -1.21. The maximum atomic E-state index is 12.3. The summed E-state index contributed by atoms with van der Waals surface area (Å²) in [7, 11) is 0. The molecule has 0 saturated heterocycles. The molecule has 1 atom stereocenters. The number of aromatic nitrogens is 4. The Morgan fingerprint density at radius 1 is 1.18 bits per heavy atom. The molecule has 1 aromatic carbocycles. The molecule has 0 unspecified atom stereocenters. The van der Waals surface area contributed by atoms with Gasteiger partial charge >= 0.3 is 128 Å². The largest absolute Gasteiger partial charge is 0.291 e. The summed E-state index contributed by atoms with van der Waals surface area (Å²) in [5.41, 5.74) is 6.63. The first kappa shape index (κ1) is 26.4. The molecule has 0 bridgehead atoms. The molecule has 1 amide bonds. The molecule has 0 fully saturated rings. The Morgan fingerprint density at radius 2 is 1.88 bits per heavy atom. The molecule has 0 aliphatic carbocycles. The zero-order chi connectivity index (χ0) is 23.3. The van der Waals surface area contributed by atoms with Gasteiger partial charge in [0.05, 0.1) is 11.9 Å². The minimum absolute atomic E-state index is 0. The van der Waals surface area contributed by atoms with Gasteiger partial charge in [-0.25, -0.2) is 9.97 Å². The van der Waals surface area contributed by atoms with Crippen LogP contribution < -0.4 is 21.9 Å². The van der Waals surface area contributed by atoms with Crippen LogP contribution in [-0.4, -0.2) is 47.0 Å². The number of fused-ring (bicyclic) bond motifs is 1. The monoisotopic (exact) mass is 728 g/mol. The first-order valence-corrected chi connectivity index (χ1v) is 10.3. The Morgan fingerprint density at radius 3 is 2.52 bits per heavy atom. The molecule has 2 heterocycles. The fourth-order valence-corrected chi connectivity index (χ4v) is 3.05. The number of aromatic amines is 1. The molecular formula is C19H18AgAuN7O5. The number of nitrogen functional groups attached to an aromatic ring is 1. The zero-order valence-electron chi connectivity index (χ0n) is 16.7. The van der Waals surface area contributed by atoms with Crippen LogP contribution in [0.1, 0.15) is 28.9 Å². The van der Waals surface area contributed by atoms with E-state index in [1.54, 1.807) is 33.2 Å². The number of carbonyl (C=O) groups is 3. The molecule has 2 aromatic heterocycles. The van der Waals surface area contributed by atoms with Crippen molar-refractivity contribution >= 4 is 38.7 Å². The summed E-state index contributed by atoms with van der Waals surface area (Å²) in [5, 5.41) is 14.7. The van der Waals surface area contributed by atoms with Crippen molar-refractivity contribution in [1.29, 1.82) is 0 Å². The summed E-state index contributed by atoms with van der Waals surface area (Å²) < 4.78 is -0.206. The number of hydrogen-bond acceptors (Lipinski definition) is 9. The van der Waals surface area contributed by atoms with Gasteiger partial charge in [-0.15, -0.1) is 0 Å². The van der Waals surface area contributed by atoms with Crippen LogP contribution >= 0.6 is 0 Å². The van der Waals surface area contributed by atoms with Crippen molar-refractivity contribution in [3.8, 4) is 0 Å². The van der Waals surface area contributed by atoms with Crippen molar-refractivity contribution in [1.82, 2.24) is 25.3 Å². The van der Waals surface area contributed by atoms with Gasteiger partial charge in [0, 0.05) is 22.4 Å². The van der Waals surface area contributed by atoms with Crippen LogP contribution in [0.15, 0.2) is 35.3 Å². The molecular weight excluding hydrogens is 711 g/mol. The molecule has 0 spiro atoms. The molecule has 181 valence electrons. The topological polar surface area (TPSA) is 193 Å². The van der Waals surface area contributed by atoms with Crippen molar-refractivity contribution in [2.24, 2.45) is 0 Å². The van der Waals surface area contributed by atoms with Crippen LogP contribution in [-0.2, 0) is 59.6 Å². The Kier molecular flexibility index (Phi) is 9.46. The molecule has 33 heavy (non-hydrogen) atoms. The average Bonchev–Trinajstić information content (AvgIpc) is 2.75. The van der Waals surface area contributed by atoms with Crippen molar-refractivity contribution in [3.05, 3.63) is 52.1 Å². The number of anilines is 2. The van der Waals surface area contributed by atoms with E-state index in [1.807, 2.05) is 0 Å². The van der Waals surface area contributed by atoms with E-state index >= 15 is 0 Å². The fourth-order valence-electron chi connectivity index (χ4n) is 2.73. The Balaban J connectivity index is 0.00000385. The van der Waals surface area contributed by atoms with Crippen LogP contribution in [0.5, 0.6) is 0 Å².